The number of piperidine rings is 1. The van der Waals surface area contributed by atoms with Crippen LogP contribution in [0.5, 0.6) is 0 Å². The maximum atomic E-state index is 12.1. The van der Waals surface area contributed by atoms with Crippen LogP contribution in [0.1, 0.15) is 41.4 Å². The Balaban J connectivity index is 1.47. The normalized spacial score (nSPS) is 24.8. The number of primary amides is 1. The summed E-state index contributed by atoms with van der Waals surface area (Å²) in [6.45, 7) is 4.33. The van der Waals surface area contributed by atoms with E-state index in [0.717, 1.165) is 51.3 Å². The van der Waals surface area contributed by atoms with Crippen LogP contribution in [0.25, 0.3) is 0 Å². The van der Waals surface area contributed by atoms with Crippen LogP contribution in [0.3, 0.4) is 0 Å². The average molecular weight is 335 g/mol. The van der Waals surface area contributed by atoms with Crippen molar-refractivity contribution in [3.63, 3.8) is 0 Å². The van der Waals surface area contributed by atoms with Crippen LogP contribution in [0, 0.1) is 5.92 Å². The minimum absolute atomic E-state index is 0.0602. The minimum atomic E-state index is -0.527. The van der Waals surface area contributed by atoms with Gasteiger partial charge in [-0.2, -0.15) is 5.10 Å². The van der Waals surface area contributed by atoms with E-state index in [4.69, 9.17) is 10.5 Å². The molecule has 132 valence electrons. The molecule has 8 heteroatoms. The molecule has 3 rings (SSSR count). The second kappa shape index (κ2) is 7.76. The SMILES string of the molecule is NC(=O)c1cc([C@H]2CCCN(CC(=O)NC[C@@H]3CCOC3)C2)[nH]n1. The van der Waals surface area contributed by atoms with Crippen molar-refractivity contribution in [1.82, 2.24) is 20.4 Å². The number of hydrogen-bond donors (Lipinski definition) is 3. The molecule has 0 aliphatic carbocycles. The van der Waals surface area contributed by atoms with E-state index in [1.165, 1.54) is 0 Å². The number of rotatable bonds is 6. The Morgan fingerprint density at radius 1 is 1.46 bits per heavy atom. The highest BCUT2D eigenvalue weighted by Gasteiger charge is 2.25. The highest BCUT2D eigenvalue weighted by molar-refractivity contribution is 5.90. The van der Waals surface area contributed by atoms with Crippen LogP contribution in [0.2, 0.25) is 0 Å². The zero-order valence-corrected chi connectivity index (χ0v) is 13.8. The number of amides is 2. The number of nitrogens with zero attached hydrogens (tertiary/aromatic N) is 2. The van der Waals surface area contributed by atoms with Gasteiger partial charge in [-0.05, 0) is 31.9 Å². The standard InChI is InChI=1S/C16H25N5O3/c17-16(23)14-6-13(19-20-14)12-2-1-4-21(8-12)9-15(22)18-7-11-3-5-24-10-11/h6,11-12H,1-5,7-10H2,(H2,17,23)(H,18,22)(H,19,20)/t11-,12-/m0/s1. The van der Waals surface area contributed by atoms with E-state index in [0.29, 0.717) is 19.0 Å². The van der Waals surface area contributed by atoms with E-state index in [1.54, 1.807) is 6.07 Å². The van der Waals surface area contributed by atoms with Crippen molar-refractivity contribution in [2.24, 2.45) is 11.7 Å². The molecule has 2 saturated heterocycles. The molecular weight excluding hydrogens is 310 g/mol. The molecule has 2 atom stereocenters. The van der Waals surface area contributed by atoms with Crippen molar-refractivity contribution < 1.29 is 14.3 Å². The van der Waals surface area contributed by atoms with Crippen LogP contribution < -0.4 is 11.1 Å². The Labute approximate surface area is 141 Å². The molecule has 3 heterocycles. The maximum absolute atomic E-state index is 12.1. The average Bonchev–Trinajstić information content (AvgIpc) is 3.25. The summed E-state index contributed by atoms with van der Waals surface area (Å²) in [4.78, 5) is 25.4. The molecule has 1 aromatic heterocycles. The number of nitrogens with one attached hydrogen (secondary N) is 2. The fourth-order valence-corrected chi connectivity index (χ4v) is 3.39. The quantitative estimate of drug-likeness (QED) is 0.668. The van der Waals surface area contributed by atoms with Gasteiger partial charge in [-0.15, -0.1) is 0 Å². The lowest BCUT2D eigenvalue weighted by molar-refractivity contribution is -0.122. The zero-order valence-electron chi connectivity index (χ0n) is 13.8. The molecule has 0 aromatic carbocycles. The van der Waals surface area contributed by atoms with E-state index < -0.39 is 5.91 Å². The fourth-order valence-electron chi connectivity index (χ4n) is 3.39. The number of carbonyl (C=O) groups excluding carboxylic acids is 2. The summed E-state index contributed by atoms with van der Waals surface area (Å²) in [5.74, 6) is 0.223. The van der Waals surface area contributed by atoms with Gasteiger partial charge in [-0.25, -0.2) is 0 Å². The first kappa shape index (κ1) is 16.9. The van der Waals surface area contributed by atoms with Crippen LogP contribution in [0.15, 0.2) is 6.07 Å². The van der Waals surface area contributed by atoms with Crippen LogP contribution >= 0.6 is 0 Å². The summed E-state index contributed by atoms with van der Waals surface area (Å²) in [6.07, 6.45) is 3.05. The van der Waals surface area contributed by atoms with Gasteiger partial charge in [0.1, 0.15) is 5.69 Å². The first-order valence-electron chi connectivity index (χ1n) is 8.53. The molecule has 8 nitrogen and oxygen atoms in total. The third-order valence-electron chi connectivity index (χ3n) is 4.77. The van der Waals surface area contributed by atoms with Crippen LogP contribution in [0.4, 0.5) is 0 Å². The van der Waals surface area contributed by atoms with E-state index >= 15 is 0 Å². The Hall–Kier alpha value is -1.93. The summed E-state index contributed by atoms with van der Waals surface area (Å²) in [5, 5.41) is 9.85. The lowest BCUT2D eigenvalue weighted by Gasteiger charge is -2.31. The number of carbonyl (C=O) groups is 2. The number of H-pyrrole nitrogens is 1. The number of nitrogens with two attached hydrogens (primary N) is 1. The Kier molecular flexibility index (Phi) is 5.47. The smallest absolute Gasteiger partial charge is 0.269 e. The number of aromatic amines is 1. The number of ether oxygens (including phenoxy) is 1. The van der Waals surface area contributed by atoms with E-state index in [-0.39, 0.29) is 17.5 Å². The van der Waals surface area contributed by atoms with Gasteiger partial charge in [0.25, 0.3) is 5.91 Å². The van der Waals surface area contributed by atoms with Crippen molar-refractivity contribution >= 4 is 11.8 Å². The Bertz CT molecular complexity index is 582. The third kappa shape index (κ3) is 4.33. The van der Waals surface area contributed by atoms with Gasteiger partial charge in [0.15, 0.2) is 0 Å². The van der Waals surface area contributed by atoms with Crippen molar-refractivity contribution in [3.05, 3.63) is 17.5 Å². The Morgan fingerprint density at radius 2 is 2.33 bits per heavy atom. The molecule has 24 heavy (non-hydrogen) atoms. The minimum Gasteiger partial charge on any atom is -0.381 e. The molecule has 4 N–H and O–H groups in total. The first-order chi connectivity index (χ1) is 11.6. The van der Waals surface area contributed by atoms with Crippen molar-refractivity contribution in [3.8, 4) is 0 Å². The van der Waals surface area contributed by atoms with Crippen LogP contribution in [-0.4, -0.2) is 66.3 Å². The third-order valence-corrected chi connectivity index (χ3v) is 4.77. The second-order valence-corrected chi connectivity index (χ2v) is 6.68. The van der Waals surface area contributed by atoms with Gasteiger partial charge in [0.2, 0.25) is 5.91 Å². The highest BCUT2D eigenvalue weighted by Crippen LogP contribution is 2.25. The molecule has 0 unspecified atom stereocenters. The first-order valence-corrected chi connectivity index (χ1v) is 8.53. The Morgan fingerprint density at radius 3 is 3.04 bits per heavy atom. The van der Waals surface area contributed by atoms with Crippen molar-refractivity contribution in [1.29, 1.82) is 0 Å². The van der Waals surface area contributed by atoms with Gasteiger partial charge < -0.3 is 15.8 Å². The summed E-state index contributed by atoms with van der Waals surface area (Å²) in [5.41, 5.74) is 6.42. The van der Waals surface area contributed by atoms with E-state index in [2.05, 4.69) is 20.4 Å². The monoisotopic (exact) mass is 335 g/mol. The molecular formula is C16H25N5O3. The summed E-state index contributed by atoms with van der Waals surface area (Å²) in [7, 11) is 0. The number of hydrogen-bond acceptors (Lipinski definition) is 5. The molecule has 2 aliphatic rings. The largest absolute Gasteiger partial charge is 0.381 e. The van der Waals surface area contributed by atoms with Gasteiger partial charge in [-0.3, -0.25) is 19.6 Å². The lowest BCUT2D eigenvalue weighted by atomic mass is 9.94. The number of likely N-dealkylation sites (tertiary alicyclic amines) is 1. The number of aromatic nitrogens is 2. The topological polar surface area (TPSA) is 113 Å². The maximum Gasteiger partial charge on any atom is 0.269 e. The van der Waals surface area contributed by atoms with Gasteiger partial charge in [-0.1, -0.05) is 0 Å². The van der Waals surface area contributed by atoms with E-state index in [1.807, 2.05) is 0 Å². The van der Waals surface area contributed by atoms with E-state index in [9.17, 15) is 9.59 Å². The predicted octanol–water partition coefficient (Wildman–Crippen LogP) is -0.159. The van der Waals surface area contributed by atoms with Gasteiger partial charge in [0.05, 0.1) is 13.2 Å². The van der Waals surface area contributed by atoms with Crippen molar-refractivity contribution in [2.45, 2.75) is 25.2 Å². The summed E-state index contributed by atoms with van der Waals surface area (Å²) in [6, 6.07) is 1.72. The van der Waals surface area contributed by atoms with Gasteiger partial charge >= 0.3 is 0 Å². The zero-order chi connectivity index (χ0) is 16.9. The van der Waals surface area contributed by atoms with Crippen molar-refractivity contribution in [2.75, 3.05) is 39.4 Å². The summed E-state index contributed by atoms with van der Waals surface area (Å²) < 4.78 is 5.32. The second-order valence-electron chi connectivity index (χ2n) is 6.68. The molecule has 1 aromatic rings. The molecule has 0 bridgehead atoms. The molecule has 2 aliphatic heterocycles. The summed E-state index contributed by atoms with van der Waals surface area (Å²) >= 11 is 0. The molecule has 0 saturated carbocycles. The molecule has 0 spiro atoms. The molecule has 0 radical (unpaired) electrons. The lowest BCUT2D eigenvalue weighted by Crippen LogP contribution is -2.43. The fraction of sp³-hybridized carbons (Fsp3) is 0.688. The van der Waals surface area contributed by atoms with Gasteiger partial charge in [0, 0.05) is 37.2 Å². The van der Waals surface area contributed by atoms with Crippen LogP contribution in [-0.2, 0) is 9.53 Å². The molecule has 2 fully saturated rings. The molecule has 2 amide bonds. The predicted molar refractivity (Wildman–Crippen MR) is 87.5 cm³/mol. The highest BCUT2D eigenvalue weighted by atomic mass is 16.5.